The van der Waals surface area contributed by atoms with Gasteiger partial charge in [0.1, 0.15) is 5.75 Å². The molecule has 1 saturated carbocycles. The molecule has 0 bridgehead atoms. The van der Waals surface area contributed by atoms with Crippen LogP contribution in [0.2, 0.25) is 0 Å². The van der Waals surface area contributed by atoms with Crippen LogP contribution in [0.1, 0.15) is 30.4 Å². The van der Waals surface area contributed by atoms with E-state index >= 15 is 0 Å². The minimum absolute atomic E-state index is 0. The first kappa shape index (κ1) is 23.1. The van der Waals surface area contributed by atoms with Crippen LogP contribution in [0.3, 0.4) is 0 Å². The molecule has 2 N–H and O–H groups in total. The fourth-order valence-electron chi connectivity index (χ4n) is 3.01. The van der Waals surface area contributed by atoms with Crippen molar-refractivity contribution >= 4 is 29.9 Å². The molecule has 0 aromatic heterocycles. The van der Waals surface area contributed by atoms with Gasteiger partial charge in [-0.3, -0.25) is 4.99 Å². The maximum Gasteiger partial charge on any atom is 0.191 e. The number of nitrogens with zero attached hydrogens (tertiary/aromatic N) is 1. The lowest BCUT2D eigenvalue weighted by atomic mass is 9.96. The zero-order valence-corrected chi connectivity index (χ0v) is 19.6. The summed E-state index contributed by atoms with van der Waals surface area (Å²) in [5.74, 6) is 3.12. The lowest BCUT2D eigenvalue weighted by molar-refractivity contribution is 0.119. The van der Waals surface area contributed by atoms with Crippen molar-refractivity contribution in [3.05, 3.63) is 53.6 Å². The molecule has 6 nitrogen and oxygen atoms in total. The maximum atomic E-state index is 6.10. The molecule has 0 amide bonds. The first-order chi connectivity index (χ1) is 13.7. The average molecular weight is 511 g/mol. The van der Waals surface area contributed by atoms with Crippen LogP contribution in [0.4, 0.5) is 0 Å². The van der Waals surface area contributed by atoms with Crippen LogP contribution in [-0.4, -0.2) is 33.3 Å². The number of benzene rings is 2. The third kappa shape index (κ3) is 6.42. The SMILES string of the molecule is CN=C(NCc1ccc(OC)c(OC)c1)NCc1ccccc1OC1CCC1.I. The summed E-state index contributed by atoms with van der Waals surface area (Å²) in [5.41, 5.74) is 2.21. The minimum atomic E-state index is 0. The summed E-state index contributed by atoms with van der Waals surface area (Å²) in [5, 5.41) is 6.69. The van der Waals surface area contributed by atoms with E-state index in [-0.39, 0.29) is 24.0 Å². The highest BCUT2D eigenvalue weighted by Crippen LogP contribution is 2.28. The number of rotatable bonds is 8. The van der Waals surface area contributed by atoms with E-state index in [0.717, 1.165) is 41.4 Å². The van der Waals surface area contributed by atoms with Crippen LogP contribution in [-0.2, 0) is 13.1 Å². The molecule has 3 rings (SSSR count). The highest BCUT2D eigenvalue weighted by molar-refractivity contribution is 14.0. The Balaban J connectivity index is 0.00000300. The highest BCUT2D eigenvalue weighted by atomic mass is 127. The number of methoxy groups -OCH3 is 2. The van der Waals surface area contributed by atoms with Crippen LogP contribution in [0.25, 0.3) is 0 Å². The molecule has 2 aromatic carbocycles. The summed E-state index contributed by atoms with van der Waals surface area (Å²) >= 11 is 0. The number of ether oxygens (including phenoxy) is 3. The van der Waals surface area contributed by atoms with Gasteiger partial charge in [-0.25, -0.2) is 0 Å². The molecule has 1 fully saturated rings. The van der Waals surface area contributed by atoms with Crippen molar-refractivity contribution in [1.82, 2.24) is 10.6 Å². The minimum Gasteiger partial charge on any atom is -0.493 e. The Morgan fingerprint density at radius 3 is 2.34 bits per heavy atom. The van der Waals surface area contributed by atoms with Crippen molar-refractivity contribution < 1.29 is 14.2 Å². The van der Waals surface area contributed by atoms with Gasteiger partial charge in [0.15, 0.2) is 17.5 Å². The number of hydrogen-bond acceptors (Lipinski definition) is 4. The molecule has 29 heavy (non-hydrogen) atoms. The van der Waals surface area contributed by atoms with E-state index in [4.69, 9.17) is 14.2 Å². The van der Waals surface area contributed by atoms with Gasteiger partial charge in [-0.1, -0.05) is 24.3 Å². The number of aliphatic imine (C=N–C) groups is 1. The molecule has 0 heterocycles. The van der Waals surface area contributed by atoms with E-state index in [1.165, 1.54) is 6.42 Å². The Morgan fingerprint density at radius 1 is 0.966 bits per heavy atom. The molecule has 0 unspecified atom stereocenters. The van der Waals surface area contributed by atoms with Crippen LogP contribution in [0.15, 0.2) is 47.5 Å². The Kier molecular flexibility index (Phi) is 9.37. The van der Waals surface area contributed by atoms with Crippen molar-refractivity contribution in [2.24, 2.45) is 4.99 Å². The van der Waals surface area contributed by atoms with Crippen molar-refractivity contribution in [2.75, 3.05) is 21.3 Å². The van der Waals surface area contributed by atoms with Crippen molar-refractivity contribution in [3.63, 3.8) is 0 Å². The Hall–Kier alpha value is -2.16. The molecular weight excluding hydrogens is 481 g/mol. The fraction of sp³-hybridized carbons (Fsp3) is 0.409. The molecule has 0 radical (unpaired) electrons. The zero-order valence-electron chi connectivity index (χ0n) is 17.2. The second-order valence-electron chi connectivity index (χ2n) is 6.75. The predicted octanol–water partition coefficient (Wildman–Crippen LogP) is 4.12. The van der Waals surface area contributed by atoms with Gasteiger partial charge in [0, 0.05) is 25.7 Å². The largest absolute Gasteiger partial charge is 0.493 e. The average Bonchev–Trinajstić information content (AvgIpc) is 2.71. The van der Waals surface area contributed by atoms with E-state index < -0.39 is 0 Å². The van der Waals surface area contributed by atoms with Crippen LogP contribution >= 0.6 is 24.0 Å². The molecule has 158 valence electrons. The van der Waals surface area contributed by atoms with E-state index in [1.54, 1.807) is 21.3 Å². The molecule has 1 aliphatic rings. The number of guanidine groups is 1. The second kappa shape index (κ2) is 11.7. The lowest BCUT2D eigenvalue weighted by Crippen LogP contribution is -2.36. The highest BCUT2D eigenvalue weighted by Gasteiger charge is 2.20. The maximum absolute atomic E-state index is 6.10. The smallest absolute Gasteiger partial charge is 0.191 e. The van der Waals surface area contributed by atoms with E-state index in [9.17, 15) is 0 Å². The van der Waals surface area contributed by atoms with Gasteiger partial charge in [-0.2, -0.15) is 0 Å². The molecule has 0 aliphatic heterocycles. The van der Waals surface area contributed by atoms with E-state index in [0.29, 0.717) is 24.9 Å². The molecule has 1 aliphatic carbocycles. The van der Waals surface area contributed by atoms with Gasteiger partial charge >= 0.3 is 0 Å². The number of nitrogens with one attached hydrogen (secondary N) is 2. The van der Waals surface area contributed by atoms with Gasteiger partial charge in [0.05, 0.1) is 20.3 Å². The summed E-state index contributed by atoms with van der Waals surface area (Å²) in [6, 6.07) is 14.0. The summed E-state index contributed by atoms with van der Waals surface area (Å²) in [4.78, 5) is 4.31. The van der Waals surface area contributed by atoms with Crippen molar-refractivity contribution in [2.45, 2.75) is 38.5 Å². The van der Waals surface area contributed by atoms with Gasteiger partial charge in [0.2, 0.25) is 0 Å². The van der Waals surface area contributed by atoms with Crippen molar-refractivity contribution in [3.8, 4) is 17.2 Å². The molecule has 0 atom stereocenters. The number of halogens is 1. The normalized spacial score (nSPS) is 13.7. The molecule has 7 heteroatoms. The molecule has 0 spiro atoms. The third-order valence-corrected chi connectivity index (χ3v) is 4.90. The number of hydrogen-bond donors (Lipinski definition) is 2. The lowest BCUT2D eigenvalue weighted by Gasteiger charge is -2.27. The van der Waals surface area contributed by atoms with Crippen LogP contribution < -0.4 is 24.8 Å². The van der Waals surface area contributed by atoms with Gasteiger partial charge in [0.25, 0.3) is 0 Å². The predicted molar refractivity (Wildman–Crippen MR) is 127 cm³/mol. The third-order valence-electron chi connectivity index (χ3n) is 4.90. The van der Waals surface area contributed by atoms with Crippen LogP contribution in [0, 0.1) is 0 Å². The summed E-state index contributed by atoms with van der Waals surface area (Å²) in [7, 11) is 5.04. The van der Waals surface area contributed by atoms with Gasteiger partial charge in [-0.15, -0.1) is 24.0 Å². The molecule has 0 saturated heterocycles. The Morgan fingerprint density at radius 2 is 1.69 bits per heavy atom. The van der Waals surface area contributed by atoms with E-state index in [1.807, 2.05) is 36.4 Å². The molecular formula is C22H30IN3O3. The molecule has 2 aromatic rings. The number of para-hydroxylation sites is 1. The second-order valence-corrected chi connectivity index (χ2v) is 6.75. The first-order valence-corrected chi connectivity index (χ1v) is 9.63. The fourth-order valence-corrected chi connectivity index (χ4v) is 3.01. The Labute approximate surface area is 190 Å². The summed E-state index contributed by atoms with van der Waals surface area (Å²) in [6.07, 6.45) is 3.92. The monoisotopic (exact) mass is 511 g/mol. The van der Waals surface area contributed by atoms with Crippen LogP contribution in [0.5, 0.6) is 17.2 Å². The quantitative estimate of drug-likeness (QED) is 0.317. The topological polar surface area (TPSA) is 64.1 Å². The summed E-state index contributed by atoms with van der Waals surface area (Å²) in [6.45, 7) is 1.27. The van der Waals surface area contributed by atoms with Gasteiger partial charge < -0.3 is 24.8 Å². The standard InChI is InChI=1S/C22H29N3O3.HI/c1-23-22(24-14-16-11-12-20(26-2)21(13-16)27-3)25-15-17-7-4-5-10-19(17)28-18-8-6-9-18;/h4-5,7,10-13,18H,6,8-9,14-15H2,1-3H3,(H2,23,24,25);1H. The summed E-state index contributed by atoms with van der Waals surface area (Å²) < 4.78 is 16.7. The van der Waals surface area contributed by atoms with Gasteiger partial charge in [-0.05, 0) is 43.0 Å². The Bertz CT molecular complexity index is 810. The van der Waals surface area contributed by atoms with E-state index in [2.05, 4.69) is 21.7 Å². The zero-order chi connectivity index (χ0) is 19.8. The first-order valence-electron chi connectivity index (χ1n) is 9.63. The van der Waals surface area contributed by atoms with Crippen molar-refractivity contribution in [1.29, 1.82) is 0 Å².